The molecule has 1 unspecified atom stereocenters. The zero-order chi connectivity index (χ0) is 20.0. The minimum atomic E-state index is -0.194. The second-order valence-electron chi connectivity index (χ2n) is 6.99. The molecular weight excluding hydrogens is 486 g/mol. The average Bonchev–Trinajstić information content (AvgIpc) is 2.72. The maximum atomic E-state index is 13.5. The molecule has 6 nitrogen and oxygen atoms in total. The zero-order valence-electron chi connectivity index (χ0n) is 17.7. The third-order valence-corrected chi connectivity index (χ3v) is 4.71. The van der Waals surface area contributed by atoms with Gasteiger partial charge in [-0.25, -0.2) is 4.39 Å². The third kappa shape index (κ3) is 10.5. The Bertz CT molecular complexity index is 592. The molecule has 0 aliphatic carbocycles. The van der Waals surface area contributed by atoms with Crippen molar-refractivity contribution < 1.29 is 13.9 Å². The lowest BCUT2D eigenvalue weighted by Gasteiger charge is -2.35. The molecule has 29 heavy (non-hydrogen) atoms. The van der Waals surface area contributed by atoms with Crippen molar-refractivity contribution in [1.29, 1.82) is 0 Å². The Balaban J connectivity index is 0.00000420. The molecule has 0 amide bonds. The molecule has 1 fully saturated rings. The standard InChI is InChI=1S/C21H35FN4O2.HI/c1-3-4-12-27-14-15-28-13-10-24-21(23-2)25-19-8-6-11-26(17-19)20-9-5-7-18(22)16-20;/h5,7,9,16,19H,3-4,6,8,10-15,17H2,1-2H3,(H2,23,24,25);1H. The van der Waals surface area contributed by atoms with Crippen molar-refractivity contribution in [2.24, 2.45) is 4.99 Å². The fourth-order valence-corrected chi connectivity index (χ4v) is 3.20. The Morgan fingerprint density at radius 2 is 2.03 bits per heavy atom. The van der Waals surface area contributed by atoms with Gasteiger partial charge in [0.15, 0.2) is 5.96 Å². The molecule has 0 aromatic heterocycles. The molecule has 1 heterocycles. The first-order chi connectivity index (χ1) is 13.7. The van der Waals surface area contributed by atoms with Gasteiger partial charge in [-0.3, -0.25) is 4.99 Å². The Labute approximate surface area is 191 Å². The highest BCUT2D eigenvalue weighted by Crippen LogP contribution is 2.20. The molecule has 1 aliphatic rings. The lowest BCUT2D eigenvalue weighted by molar-refractivity contribution is 0.0487. The summed E-state index contributed by atoms with van der Waals surface area (Å²) in [4.78, 5) is 6.52. The Morgan fingerprint density at radius 3 is 2.76 bits per heavy atom. The van der Waals surface area contributed by atoms with Crippen molar-refractivity contribution in [3.63, 3.8) is 0 Å². The van der Waals surface area contributed by atoms with E-state index >= 15 is 0 Å². The Kier molecular flexibility index (Phi) is 14.0. The zero-order valence-corrected chi connectivity index (χ0v) is 20.0. The predicted molar refractivity (Wildman–Crippen MR) is 128 cm³/mol. The average molecular weight is 522 g/mol. The van der Waals surface area contributed by atoms with E-state index in [1.807, 2.05) is 6.07 Å². The van der Waals surface area contributed by atoms with E-state index in [4.69, 9.17) is 9.47 Å². The number of nitrogens with zero attached hydrogens (tertiary/aromatic N) is 2. The molecule has 1 aliphatic heterocycles. The van der Waals surface area contributed by atoms with E-state index in [9.17, 15) is 4.39 Å². The number of nitrogens with one attached hydrogen (secondary N) is 2. The van der Waals surface area contributed by atoms with Crippen LogP contribution in [0.25, 0.3) is 0 Å². The van der Waals surface area contributed by atoms with Crippen molar-refractivity contribution in [2.45, 2.75) is 38.6 Å². The highest BCUT2D eigenvalue weighted by atomic mass is 127. The molecule has 0 saturated carbocycles. The van der Waals surface area contributed by atoms with E-state index in [1.54, 1.807) is 19.2 Å². The van der Waals surface area contributed by atoms with E-state index in [0.717, 1.165) is 57.0 Å². The molecule has 0 bridgehead atoms. The number of piperidine rings is 1. The largest absolute Gasteiger partial charge is 0.379 e. The van der Waals surface area contributed by atoms with Crippen LogP contribution < -0.4 is 15.5 Å². The Hall–Kier alpha value is -1.13. The molecule has 1 atom stereocenters. The predicted octanol–water partition coefficient (Wildman–Crippen LogP) is 3.41. The number of rotatable bonds is 11. The summed E-state index contributed by atoms with van der Waals surface area (Å²) < 4.78 is 24.5. The first kappa shape index (κ1) is 25.9. The first-order valence-corrected chi connectivity index (χ1v) is 10.4. The van der Waals surface area contributed by atoms with Crippen LogP contribution in [0.1, 0.15) is 32.6 Å². The lowest BCUT2D eigenvalue weighted by atomic mass is 10.0. The van der Waals surface area contributed by atoms with E-state index in [1.165, 1.54) is 6.07 Å². The molecule has 2 N–H and O–H groups in total. The van der Waals surface area contributed by atoms with E-state index < -0.39 is 0 Å². The topological polar surface area (TPSA) is 58.1 Å². The van der Waals surface area contributed by atoms with E-state index in [2.05, 4.69) is 27.4 Å². The highest BCUT2D eigenvalue weighted by molar-refractivity contribution is 14.0. The molecule has 2 rings (SSSR count). The van der Waals surface area contributed by atoms with Crippen LogP contribution in [-0.2, 0) is 9.47 Å². The summed E-state index contributed by atoms with van der Waals surface area (Å²) in [5.41, 5.74) is 0.934. The minimum Gasteiger partial charge on any atom is -0.379 e. The van der Waals surface area contributed by atoms with Crippen molar-refractivity contribution in [3.05, 3.63) is 30.1 Å². The maximum Gasteiger partial charge on any atom is 0.191 e. The number of hydrogen-bond acceptors (Lipinski definition) is 4. The molecule has 166 valence electrons. The van der Waals surface area contributed by atoms with Gasteiger partial charge in [-0.05, 0) is 37.5 Å². The third-order valence-electron chi connectivity index (χ3n) is 4.71. The smallest absolute Gasteiger partial charge is 0.191 e. The van der Waals surface area contributed by atoms with Gasteiger partial charge in [0.05, 0.1) is 19.8 Å². The van der Waals surface area contributed by atoms with Crippen LogP contribution in [0.2, 0.25) is 0 Å². The number of unbranched alkanes of at least 4 members (excludes halogenated alkanes) is 1. The van der Waals surface area contributed by atoms with Gasteiger partial charge in [0.25, 0.3) is 0 Å². The molecule has 0 spiro atoms. The highest BCUT2D eigenvalue weighted by Gasteiger charge is 2.21. The minimum absolute atomic E-state index is 0. The van der Waals surface area contributed by atoms with Crippen LogP contribution >= 0.6 is 24.0 Å². The van der Waals surface area contributed by atoms with Gasteiger partial charge >= 0.3 is 0 Å². The van der Waals surface area contributed by atoms with Gasteiger partial charge in [-0.2, -0.15) is 0 Å². The maximum absolute atomic E-state index is 13.5. The number of aliphatic imine (C=N–C) groups is 1. The summed E-state index contributed by atoms with van der Waals surface area (Å²) in [5.74, 6) is 0.578. The van der Waals surface area contributed by atoms with Gasteiger partial charge < -0.3 is 25.0 Å². The number of hydrogen-bond donors (Lipinski definition) is 2. The van der Waals surface area contributed by atoms with Gasteiger partial charge in [0, 0.05) is 45.0 Å². The Morgan fingerprint density at radius 1 is 1.24 bits per heavy atom. The molecule has 1 aromatic carbocycles. The van der Waals surface area contributed by atoms with E-state index in [0.29, 0.717) is 26.4 Å². The number of anilines is 1. The summed E-state index contributed by atoms with van der Waals surface area (Å²) in [7, 11) is 1.77. The van der Waals surface area contributed by atoms with Crippen molar-refractivity contribution in [3.8, 4) is 0 Å². The van der Waals surface area contributed by atoms with Crippen molar-refractivity contribution >= 4 is 35.6 Å². The van der Waals surface area contributed by atoms with Crippen LogP contribution in [0.4, 0.5) is 10.1 Å². The molecule has 8 heteroatoms. The van der Waals surface area contributed by atoms with Crippen molar-refractivity contribution in [1.82, 2.24) is 10.6 Å². The van der Waals surface area contributed by atoms with Crippen LogP contribution in [0.15, 0.2) is 29.3 Å². The van der Waals surface area contributed by atoms with Crippen LogP contribution in [-0.4, -0.2) is 65.1 Å². The summed E-state index contributed by atoms with van der Waals surface area (Å²) in [6.45, 7) is 7.29. The second kappa shape index (κ2) is 15.7. The van der Waals surface area contributed by atoms with Crippen LogP contribution in [0.5, 0.6) is 0 Å². The van der Waals surface area contributed by atoms with Gasteiger partial charge in [0.1, 0.15) is 5.82 Å². The summed E-state index contributed by atoms with van der Waals surface area (Å²) >= 11 is 0. The monoisotopic (exact) mass is 522 g/mol. The second-order valence-corrected chi connectivity index (χ2v) is 6.99. The lowest BCUT2D eigenvalue weighted by Crippen LogP contribution is -2.51. The number of halogens is 2. The molecular formula is C21H36FIN4O2. The molecule has 1 aromatic rings. The van der Waals surface area contributed by atoms with E-state index in [-0.39, 0.29) is 35.8 Å². The first-order valence-electron chi connectivity index (χ1n) is 10.4. The molecule has 1 saturated heterocycles. The van der Waals surface area contributed by atoms with Gasteiger partial charge in [-0.1, -0.05) is 19.4 Å². The summed E-state index contributed by atoms with van der Waals surface area (Å²) in [5, 5.41) is 6.75. The quantitative estimate of drug-likeness (QED) is 0.202. The van der Waals surface area contributed by atoms with Crippen molar-refractivity contribution in [2.75, 3.05) is 58.0 Å². The van der Waals surface area contributed by atoms with Crippen LogP contribution in [0.3, 0.4) is 0 Å². The fraction of sp³-hybridized carbons (Fsp3) is 0.667. The van der Waals surface area contributed by atoms with Gasteiger partial charge in [0.2, 0.25) is 0 Å². The number of guanidine groups is 1. The van der Waals surface area contributed by atoms with Gasteiger partial charge in [-0.15, -0.1) is 24.0 Å². The molecule has 0 radical (unpaired) electrons. The van der Waals surface area contributed by atoms with Crippen LogP contribution in [0, 0.1) is 5.82 Å². The number of benzene rings is 1. The summed E-state index contributed by atoms with van der Waals surface area (Å²) in [6, 6.07) is 7.07. The number of ether oxygens (including phenoxy) is 2. The SMILES string of the molecule is CCCCOCCOCCNC(=NC)NC1CCCN(c2cccc(F)c2)C1.I. The summed E-state index contributed by atoms with van der Waals surface area (Å²) in [6.07, 6.45) is 4.38. The fourth-order valence-electron chi connectivity index (χ4n) is 3.20. The normalized spacial score (nSPS) is 17.0.